The summed E-state index contributed by atoms with van der Waals surface area (Å²) in [5, 5.41) is 19.7. The van der Waals surface area contributed by atoms with E-state index in [1.165, 1.54) is 23.9 Å². The van der Waals surface area contributed by atoms with Gasteiger partial charge in [0.1, 0.15) is 0 Å². The summed E-state index contributed by atoms with van der Waals surface area (Å²) >= 11 is 1.49. The van der Waals surface area contributed by atoms with Crippen LogP contribution in [-0.4, -0.2) is 61.0 Å². The van der Waals surface area contributed by atoms with Gasteiger partial charge in [0.2, 0.25) is 0 Å². The Morgan fingerprint density at radius 1 is 1.07 bits per heavy atom. The molecular weight excluding hydrogens is 539 g/mol. The molecule has 40 heavy (non-hydrogen) atoms. The Morgan fingerprint density at radius 3 is 2.35 bits per heavy atom. The number of hydrogen-bond acceptors (Lipinski definition) is 6. The van der Waals surface area contributed by atoms with Crippen molar-refractivity contribution in [2.75, 3.05) is 59.9 Å². The number of halogens is 3. The molecule has 0 unspecified atom stereocenters. The Kier molecular flexibility index (Phi) is 14.0. The summed E-state index contributed by atoms with van der Waals surface area (Å²) in [5.41, 5.74) is 4.26. The standard InChI is InChI=1S/C26H32F3N3O2S.C2H6O.C2H6/c1-30-22-13-19(4-7-23(22)31-11-8-18(9-12-31)16-35-17-25(33)34)15-32-10-2-3-20-5-6-21(14-24(20)32)26(27,28)29;1-2-3;1-2/h4-7,13-14,18,30H,2-3,8-12,15-17H2,1H3,(H,33,34);3H,2H2,1H3;1-2H3. The number of nitrogens with one attached hydrogen (secondary N) is 1. The van der Waals surface area contributed by atoms with E-state index in [4.69, 9.17) is 10.2 Å². The van der Waals surface area contributed by atoms with E-state index >= 15 is 0 Å². The molecule has 4 rings (SSSR count). The number of fused-ring (bicyclic) bond motifs is 1. The largest absolute Gasteiger partial charge is 0.481 e. The second kappa shape index (κ2) is 16.6. The number of nitrogens with zero attached hydrogens (tertiary/aromatic N) is 2. The van der Waals surface area contributed by atoms with Gasteiger partial charge in [-0.25, -0.2) is 0 Å². The summed E-state index contributed by atoms with van der Waals surface area (Å²) in [7, 11) is 1.89. The molecule has 224 valence electrons. The number of alkyl halides is 3. The van der Waals surface area contributed by atoms with E-state index in [0.29, 0.717) is 18.2 Å². The molecule has 2 aromatic carbocycles. The molecule has 0 aromatic heterocycles. The summed E-state index contributed by atoms with van der Waals surface area (Å²) in [6.45, 7) is 9.07. The molecule has 3 N–H and O–H groups in total. The minimum absolute atomic E-state index is 0.157. The smallest absolute Gasteiger partial charge is 0.416 e. The van der Waals surface area contributed by atoms with E-state index in [-0.39, 0.29) is 12.4 Å². The highest BCUT2D eigenvalue weighted by Gasteiger charge is 2.32. The maximum atomic E-state index is 13.3. The predicted molar refractivity (Wildman–Crippen MR) is 161 cm³/mol. The van der Waals surface area contributed by atoms with Crippen LogP contribution in [0.3, 0.4) is 0 Å². The van der Waals surface area contributed by atoms with Crippen LogP contribution in [0.2, 0.25) is 0 Å². The summed E-state index contributed by atoms with van der Waals surface area (Å²) < 4.78 is 39.9. The molecule has 1 saturated heterocycles. The Labute approximate surface area is 240 Å². The van der Waals surface area contributed by atoms with Crippen LogP contribution in [0.5, 0.6) is 0 Å². The maximum absolute atomic E-state index is 13.3. The molecule has 2 aromatic rings. The van der Waals surface area contributed by atoms with Crippen molar-refractivity contribution in [2.45, 2.75) is 59.2 Å². The van der Waals surface area contributed by atoms with Crippen LogP contribution >= 0.6 is 11.8 Å². The van der Waals surface area contributed by atoms with Gasteiger partial charge < -0.3 is 25.3 Å². The number of aliphatic hydroxyl groups excluding tert-OH is 1. The fourth-order valence-electron chi connectivity index (χ4n) is 5.02. The van der Waals surface area contributed by atoms with Crippen molar-refractivity contribution in [3.8, 4) is 0 Å². The lowest BCUT2D eigenvalue weighted by molar-refractivity contribution is -0.137. The fraction of sp³-hybridized carbons (Fsp3) is 0.567. The number of hydrogen-bond donors (Lipinski definition) is 3. The number of rotatable bonds is 8. The summed E-state index contributed by atoms with van der Waals surface area (Å²) in [6, 6.07) is 10.4. The van der Waals surface area contributed by atoms with Gasteiger partial charge in [0.25, 0.3) is 0 Å². The quantitative estimate of drug-likeness (QED) is 0.317. The van der Waals surface area contributed by atoms with Crippen LogP contribution < -0.4 is 15.1 Å². The minimum atomic E-state index is -4.35. The number of aliphatic hydroxyl groups is 1. The second-order valence-electron chi connectivity index (χ2n) is 9.62. The van der Waals surface area contributed by atoms with Crippen LogP contribution in [0.25, 0.3) is 0 Å². The first-order valence-corrected chi connectivity index (χ1v) is 15.2. The highest BCUT2D eigenvalue weighted by atomic mass is 32.2. The molecule has 0 radical (unpaired) electrons. The molecule has 1 fully saturated rings. The Morgan fingerprint density at radius 2 is 1.75 bits per heavy atom. The number of benzene rings is 2. The predicted octanol–water partition coefficient (Wildman–Crippen LogP) is 6.76. The molecule has 0 saturated carbocycles. The number of carboxylic acid groups (broad SMARTS) is 1. The van der Waals surface area contributed by atoms with Crippen molar-refractivity contribution >= 4 is 34.8 Å². The Bertz CT molecular complexity index is 1060. The minimum Gasteiger partial charge on any atom is -0.481 e. The number of carboxylic acids is 1. The molecule has 0 amide bonds. The van der Waals surface area contributed by atoms with Gasteiger partial charge in [0.15, 0.2) is 0 Å². The van der Waals surface area contributed by atoms with Crippen LogP contribution in [0.4, 0.5) is 30.2 Å². The van der Waals surface area contributed by atoms with Gasteiger partial charge in [0.05, 0.1) is 22.7 Å². The number of piperidine rings is 1. The average Bonchev–Trinajstić information content (AvgIpc) is 2.94. The highest BCUT2D eigenvalue weighted by molar-refractivity contribution is 7.99. The molecule has 2 aliphatic rings. The zero-order chi connectivity index (χ0) is 29.7. The summed E-state index contributed by atoms with van der Waals surface area (Å²) in [5.74, 6) is 0.810. The topological polar surface area (TPSA) is 76.0 Å². The lowest BCUT2D eigenvalue weighted by Crippen LogP contribution is -2.35. The molecule has 10 heteroatoms. The Hall–Kier alpha value is -2.59. The van der Waals surface area contributed by atoms with Gasteiger partial charge in [0, 0.05) is 45.5 Å². The lowest BCUT2D eigenvalue weighted by Gasteiger charge is -2.35. The van der Waals surface area contributed by atoms with Crippen molar-refractivity contribution in [3.05, 3.63) is 53.1 Å². The van der Waals surface area contributed by atoms with Gasteiger partial charge in [-0.15, -0.1) is 11.8 Å². The Balaban J connectivity index is 0.00000105. The summed E-state index contributed by atoms with van der Waals surface area (Å²) in [6.07, 6.45) is -0.556. The van der Waals surface area contributed by atoms with Gasteiger partial charge in [-0.05, 0) is 79.7 Å². The van der Waals surface area contributed by atoms with Crippen molar-refractivity contribution in [1.29, 1.82) is 0 Å². The first kappa shape index (κ1) is 33.6. The summed E-state index contributed by atoms with van der Waals surface area (Å²) in [4.78, 5) is 15.2. The van der Waals surface area contributed by atoms with Gasteiger partial charge >= 0.3 is 12.1 Å². The molecule has 2 heterocycles. The van der Waals surface area contributed by atoms with E-state index < -0.39 is 17.7 Å². The third kappa shape index (κ3) is 9.80. The lowest BCUT2D eigenvalue weighted by atomic mass is 9.97. The molecule has 0 spiro atoms. The van der Waals surface area contributed by atoms with Gasteiger partial charge in [-0.2, -0.15) is 13.2 Å². The molecule has 2 aliphatic heterocycles. The van der Waals surface area contributed by atoms with Crippen LogP contribution in [0.15, 0.2) is 36.4 Å². The average molecular weight is 584 g/mol. The van der Waals surface area contributed by atoms with Crippen LogP contribution in [0.1, 0.15) is 56.7 Å². The zero-order valence-corrected chi connectivity index (χ0v) is 24.9. The van der Waals surface area contributed by atoms with Crippen molar-refractivity contribution in [1.82, 2.24) is 0 Å². The molecule has 0 atom stereocenters. The second-order valence-corrected chi connectivity index (χ2v) is 10.7. The van der Waals surface area contributed by atoms with E-state index in [0.717, 1.165) is 73.6 Å². The van der Waals surface area contributed by atoms with Crippen LogP contribution in [0, 0.1) is 5.92 Å². The normalized spacial score (nSPS) is 15.3. The van der Waals surface area contributed by atoms with E-state index in [1.54, 1.807) is 13.0 Å². The van der Waals surface area contributed by atoms with E-state index in [1.807, 2.05) is 20.9 Å². The monoisotopic (exact) mass is 583 g/mol. The van der Waals surface area contributed by atoms with Crippen molar-refractivity contribution in [2.24, 2.45) is 5.92 Å². The number of aliphatic carboxylic acids is 1. The number of carbonyl (C=O) groups is 1. The fourth-order valence-corrected chi connectivity index (χ4v) is 5.98. The molecule has 0 aliphatic carbocycles. The third-order valence-electron chi connectivity index (χ3n) is 6.87. The van der Waals surface area contributed by atoms with Crippen molar-refractivity contribution < 1.29 is 28.2 Å². The number of aryl methyl sites for hydroxylation is 1. The first-order valence-electron chi connectivity index (χ1n) is 14.1. The molecule has 6 nitrogen and oxygen atoms in total. The van der Waals surface area contributed by atoms with Gasteiger partial charge in [-0.3, -0.25) is 4.79 Å². The maximum Gasteiger partial charge on any atom is 0.416 e. The molecule has 0 bridgehead atoms. The first-order chi connectivity index (χ1) is 19.2. The third-order valence-corrected chi connectivity index (χ3v) is 8.02. The molecular formula is C30H44F3N3O3S. The number of anilines is 3. The highest BCUT2D eigenvalue weighted by Crippen LogP contribution is 2.37. The SMILES string of the molecule is CC.CCO.CNc1cc(CN2CCCc3ccc(C(F)(F)F)cc32)ccc1N1CCC(CSCC(=O)O)CC1. The van der Waals surface area contributed by atoms with Gasteiger partial charge in [-0.1, -0.05) is 26.0 Å². The van der Waals surface area contributed by atoms with Crippen molar-refractivity contribution in [3.63, 3.8) is 0 Å². The van der Waals surface area contributed by atoms with Crippen LogP contribution in [-0.2, 0) is 23.9 Å². The number of thioether (sulfide) groups is 1. The van der Waals surface area contributed by atoms with E-state index in [9.17, 15) is 18.0 Å². The zero-order valence-electron chi connectivity index (χ0n) is 24.1. The van der Waals surface area contributed by atoms with E-state index in [2.05, 4.69) is 33.3 Å².